The van der Waals surface area contributed by atoms with E-state index in [9.17, 15) is 18.0 Å². The molecular formula is C19H21NO5S2. The van der Waals surface area contributed by atoms with Gasteiger partial charge in [-0.2, -0.15) is 0 Å². The van der Waals surface area contributed by atoms with E-state index in [1.54, 1.807) is 12.1 Å². The van der Waals surface area contributed by atoms with Gasteiger partial charge in [0.1, 0.15) is 0 Å². The number of rotatable bonds is 9. The van der Waals surface area contributed by atoms with E-state index in [0.29, 0.717) is 11.3 Å². The van der Waals surface area contributed by atoms with Gasteiger partial charge in [-0.1, -0.05) is 30.3 Å². The van der Waals surface area contributed by atoms with Gasteiger partial charge in [0.25, 0.3) is 0 Å². The lowest BCUT2D eigenvalue weighted by Gasteiger charge is -2.14. The molecule has 0 bridgehead atoms. The number of esters is 1. The fourth-order valence-electron chi connectivity index (χ4n) is 2.85. The highest BCUT2D eigenvalue weighted by Gasteiger charge is 2.52. The molecule has 1 aromatic carbocycles. The molecule has 0 spiro atoms. The van der Waals surface area contributed by atoms with Crippen molar-refractivity contribution in [3.05, 3.63) is 57.8 Å². The second-order valence-electron chi connectivity index (χ2n) is 6.63. The van der Waals surface area contributed by atoms with Crippen LogP contribution in [0.4, 0.5) is 0 Å². The number of carbonyl (C=O) groups is 2. The molecule has 8 heteroatoms. The highest BCUT2D eigenvalue weighted by atomic mass is 32.2. The minimum absolute atomic E-state index is 0.250. The van der Waals surface area contributed by atoms with Crippen LogP contribution in [0.3, 0.4) is 0 Å². The van der Waals surface area contributed by atoms with Crippen molar-refractivity contribution in [2.45, 2.75) is 24.7 Å². The summed E-state index contributed by atoms with van der Waals surface area (Å²) in [5.74, 6) is -0.601. The molecule has 0 saturated heterocycles. The molecule has 27 heavy (non-hydrogen) atoms. The quantitative estimate of drug-likeness (QED) is 0.509. The van der Waals surface area contributed by atoms with Gasteiger partial charge in [-0.15, -0.1) is 11.3 Å². The molecule has 3 rings (SSSR count). The van der Waals surface area contributed by atoms with Crippen LogP contribution in [0.1, 0.15) is 33.0 Å². The Hall–Kier alpha value is -2.03. The first kappa shape index (κ1) is 19.7. The largest absolute Gasteiger partial charge is 0.457 e. The predicted molar refractivity (Wildman–Crippen MR) is 104 cm³/mol. The zero-order valence-corrected chi connectivity index (χ0v) is 16.6. The van der Waals surface area contributed by atoms with Crippen LogP contribution in [-0.2, 0) is 31.4 Å². The number of thiophene rings is 1. The number of hydrogen-bond donors (Lipinski definition) is 1. The summed E-state index contributed by atoms with van der Waals surface area (Å²) in [4.78, 5) is 26.2. The van der Waals surface area contributed by atoms with Crippen LogP contribution in [0, 0.1) is 0 Å². The number of ketones is 1. The van der Waals surface area contributed by atoms with Crippen molar-refractivity contribution in [3.63, 3.8) is 0 Å². The molecule has 0 atom stereocenters. The predicted octanol–water partition coefficient (Wildman–Crippen LogP) is 2.30. The molecule has 144 valence electrons. The second-order valence-corrected chi connectivity index (χ2v) is 9.63. The number of sulfonamides is 1. The molecule has 1 aromatic heterocycles. The lowest BCUT2D eigenvalue weighted by atomic mass is 9.96. The van der Waals surface area contributed by atoms with Gasteiger partial charge in [0.05, 0.1) is 16.5 Å². The van der Waals surface area contributed by atoms with Crippen LogP contribution in [-0.4, -0.2) is 39.6 Å². The molecule has 6 nitrogen and oxygen atoms in total. The zero-order valence-electron chi connectivity index (χ0n) is 14.9. The monoisotopic (exact) mass is 407 g/mol. The van der Waals surface area contributed by atoms with Gasteiger partial charge in [0.2, 0.25) is 15.8 Å². The molecular weight excluding hydrogens is 386 g/mol. The SMILES string of the molecule is CS(=O)(=O)NCCc1ccc(C(=O)COC(=O)C2(c3ccccc3)CC2)s1. The van der Waals surface area contributed by atoms with E-state index in [1.807, 2.05) is 30.3 Å². The van der Waals surface area contributed by atoms with Crippen molar-refractivity contribution in [2.24, 2.45) is 0 Å². The standard InChI is InChI=1S/C19H21NO5S2/c1-27(23,24)20-12-9-15-7-8-17(26-15)16(21)13-25-18(22)19(10-11-19)14-5-3-2-4-6-14/h2-8,20H,9-13H2,1H3. The first-order valence-corrected chi connectivity index (χ1v) is 11.3. The van der Waals surface area contributed by atoms with E-state index in [2.05, 4.69) is 4.72 Å². The Labute approximate surface area is 162 Å². The molecule has 1 fully saturated rings. The fraction of sp³-hybridized carbons (Fsp3) is 0.368. The molecule has 1 aliphatic rings. The van der Waals surface area contributed by atoms with Crippen LogP contribution in [0.25, 0.3) is 0 Å². The Bertz CT molecular complexity index is 930. The van der Waals surface area contributed by atoms with Crippen molar-refractivity contribution in [1.29, 1.82) is 0 Å². The second kappa shape index (κ2) is 7.92. The normalized spacial score (nSPS) is 15.3. The average molecular weight is 408 g/mol. The lowest BCUT2D eigenvalue weighted by molar-refractivity contribution is -0.145. The molecule has 0 radical (unpaired) electrons. The highest BCUT2D eigenvalue weighted by molar-refractivity contribution is 7.88. The van der Waals surface area contributed by atoms with Gasteiger partial charge in [0.15, 0.2) is 6.61 Å². The van der Waals surface area contributed by atoms with Crippen molar-refractivity contribution < 1.29 is 22.7 Å². The van der Waals surface area contributed by atoms with Gasteiger partial charge >= 0.3 is 5.97 Å². The van der Waals surface area contributed by atoms with Crippen LogP contribution < -0.4 is 4.72 Å². The number of Topliss-reactive ketones (excluding diaryl/α,β-unsaturated/α-hetero) is 1. The van der Waals surface area contributed by atoms with Crippen molar-refractivity contribution >= 4 is 33.1 Å². The number of hydrogen-bond acceptors (Lipinski definition) is 6. The summed E-state index contributed by atoms with van der Waals surface area (Å²) in [7, 11) is -3.22. The smallest absolute Gasteiger partial charge is 0.317 e. The maximum absolute atomic E-state index is 12.5. The Morgan fingerprint density at radius 2 is 1.85 bits per heavy atom. The van der Waals surface area contributed by atoms with Crippen molar-refractivity contribution in [3.8, 4) is 0 Å². The zero-order chi connectivity index (χ0) is 19.5. The number of nitrogens with one attached hydrogen (secondary N) is 1. The van der Waals surface area contributed by atoms with E-state index < -0.39 is 15.4 Å². The van der Waals surface area contributed by atoms with Crippen LogP contribution in [0.5, 0.6) is 0 Å². The summed E-state index contributed by atoms with van der Waals surface area (Å²) in [5, 5.41) is 0. The van der Waals surface area contributed by atoms with Gasteiger partial charge in [-0.3, -0.25) is 9.59 Å². The Morgan fingerprint density at radius 1 is 1.15 bits per heavy atom. The number of carbonyl (C=O) groups excluding carboxylic acids is 2. The average Bonchev–Trinajstić information content (AvgIpc) is 3.32. The maximum Gasteiger partial charge on any atom is 0.317 e. The number of ether oxygens (including phenoxy) is 1. The molecule has 0 aliphatic heterocycles. The molecule has 1 saturated carbocycles. The lowest BCUT2D eigenvalue weighted by Crippen LogP contribution is -2.25. The van der Waals surface area contributed by atoms with E-state index >= 15 is 0 Å². The third-order valence-electron chi connectivity index (χ3n) is 4.47. The van der Waals surface area contributed by atoms with E-state index in [0.717, 1.165) is 29.5 Å². The summed E-state index contributed by atoms with van der Waals surface area (Å²) in [6.45, 7) is -0.00345. The minimum Gasteiger partial charge on any atom is -0.457 e. The summed E-state index contributed by atoms with van der Waals surface area (Å²) in [5.41, 5.74) is 0.332. The summed E-state index contributed by atoms with van der Waals surface area (Å²) in [6, 6.07) is 13.0. The molecule has 0 unspecified atom stereocenters. The van der Waals surface area contributed by atoms with Gasteiger partial charge in [-0.25, -0.2) is 13.1 Å². The van der Waals surface area contributed by atoms with Gasteiger partial charge in [-0.05, 0) is 37.0 Å². The van der Waals surface area contributed by atoms with Gasteiger partial charge in [0, 0.05) is 11.4 Å². The first-order valence-electron chi connectivity index (χ1n) is 8.59. The molecule has 1 heterocycles. The Balaban J connectivity index is 1.52. The first-order chi connectivity index (χ1) is 12.8. The van der Waals surface area contributed by atoms with Crippen molar-refractivity contribution in [1.82, 2.24) is 4.72 Å². The van der Waals surface area contributed by atoms with Crippen molar-refractivity contribution in [2.75, 3.05) is 19.4 Å². The summed E-state index contributed by atoms with van der Waals surface area (Å²) in [6.07, 6.45) is 3.08. The topological polar surface area (TPSA) is 89.5 Å². The minimum atomic E-state index is -3.22. The fourth-order valence-corrected chi connectivity index (χ4v) is 4.26. The maximum atomic E-state index is 12.5. The van der Waals surface area contributed by atoms with Crippen LogP contribution in [0.2, 0.25) is 0 Å². The molecule has 1 N–H and O–H groups in total. The molecule has 2 aromatic rings. The van der Waals surface area contributed by atoms with Crippen LogP contribution in [0.15, 0.2) is 42.5 Å². The van der Waals surface area contributed by atoms with E-state index in [4.69, 9.17) is 4.74 Å². The van der Waals surface area contributed by atoms with E-state index in [-0.39, 0.29) is 24.9 Å². The summed E-state index contributed by atoms with van der Waals surface area (Å²) >= 11 is 1.29. The Kier molecular flexibility index (Phi) is 5.78. The van der Waals surface area contributed by atoms with Crippen LogP contribution >= 0.6 is 11.3 Å². The highest BCUT2D eigenvalue weighted by Crippen LogP contribution is 2.49. The van der Waals surface area contributed by atoms with E-state index in [1.165, 1.54) is 11.3 Å². The summed E-state index contributed by atoms with van der Waals surface area (Å²) < 4.78 is 29.8. The molecule has 1 aliphatic carbocycles. The molecule has 0 amide bonds. The van der Waals surface area contributed by atoms with Gasteiger partial charge < -0.3 is 4.74 Å². The Morgan fingerprint density at radius 3 is 2.48 bits per heavy atom. The number of benzene rings is 1. The third-order valence-corrected chi connectivity index (χ3v) is 6.39. The third kappa shape index (κ3) is 5.03.